The van der Waals surface area contributed by atoms with Gasteiger partial charge in [0.05, 0.1) is 24.7 Å². The van der Waals surface area contributed by atoms with E-state index in [4.69, 9.17) is 4.74 Å². The summed E-state index contributed by atoms with van der Waals surface area (Å²) in [5, 5.41) is 14.4. The fourth-order valence-corrected chi connectivity index (χ4v) is 1.83. The maximum Gasteiger partial charge on any atom is 0.269 e. The number of nitrogens with one attached hydrogen (secondary N) is 1. The summed E-state index contributed by atoms with van der Waals surface area (Å²) in [7, 11) is 1.58. The average molecular weight is 313 g/mol. The number of non-ortho nitro benzene ring substituents is 1. The van der Waals surface area contributed by atoms with E-state index in [1.807, 2.05) is 12.1 Å². The molecule has 0 radical (unpaired) electrons. The molecule has 2 aromatic rings. The summed E-state index contributed by atoms with van der Waals surface area (Å²) in [5.41, 5.74) is 3.90. The van der Waals surface area contributed by atoms with Gasteiger partial charge in [0.25, 0.3) is 5.69 Å². The molecule has 0 spiro atoms. The van der Waals surface area contributed by atoms with Crippen molar-refractivity contribution in [1.29, 1.82) is 0 Å². The fraction of sp³-hybridized carbons (Fsp3) is 0.125. The molecular weight excluding hydrogens is 298 g/mol. The van der Waals surface area contributed by atoms with E-state index in [-0.39, 0.29) is 18.0 Å². The second-order valence-corrected chi connectivity index (χ2v) is 4.67. The van der Waals surface area contributed by atoms with Crippen molar-refractivity contribution in [1.82, 2.24) is 5.43 Å². The van der Waals surface area contributed by atoms with E-state index in [1.54, 1.807) is 31.4 Å². The lowest BCUT2D eigenvalue weighted by atomic mass is 10.1. The smallest absolute Gasteiger partial charge is 0.269 e. The van der Waals surface area contributed by atoms with Crippen molar-refractivity contribution < 1.29 is 14.5 Å². The molecule has 1 N–H and O–H groups in total. The predicted molar refractivity (Wildman–Crippen MR) is 85.5 cm³/mol. The molecule has 0 saturated heterocycles. The Morgan fingerprint density at radius 3 is 2.43 bits per heavy atom. The third kappa shape index (κ3) is 4.92. The number of amides is 1. The zero-order valence-electron chi connectivity index (χ0n) is 12.4. The van der Waals surface area contributed by atoms with Crippen LogP contribution in [0.25, 0.3) is 0 Å². The molecule has 0 saturated carbocycles. The van der Waals surface area contributed by atoms with Gasteiger partial charge < -0.3 is 4.74 Å². The van der Waals surface area contributed by atoms with Gasteiger partial charge in [-0.05, 0) is 35.4 Å². The number of hydrogen-bond donors (Lipinski definition) is 1. The van der Waals surface area contributed by atoms with Crippen LogP contribution in [0, 0.1) is 10.1 Å². The number of nitro groups is 1. The maximum atomic E-state index is 11.7. The highest BCUT2D eigenvalue weighted by molar-refractivity contribution is 5.83. The molecule has 0 atom stereocenters. The van der Waals surface area contributed by atoms with Gasteiger partial charge in [-0.1, -0.05) is 12.1 Å². The number of nitrogens with zero attached hydrogens (tertiary/aromatic N) is 2. The second kappa shape index (κ2) is 7.69. The Balaban J connectivity index is 1.86. The summed E-state index contributed by atoms with van der Waals surface area (Å²) in [6, 6.07) is 13.0. The minimum absolute atomic E-state index is 0.00770. The van der Waals surface area contributed by atoms with Crippen molar-refractivity contribution in [3.8, 4) is 5.75 Å². The maximum absolute atomic E-state index is 11.7. The number of hydrogen-bond acceptors (Lipinski definition) is 5. The van der Waals surface area contributed by atoms with E-state index in [9.17, 15) is 14.9 Å². The molecule has 1 amide bonds. The van der Waals surface area contributed by atoms with Crippen LogP contribution in [0.2, 0.25) is 0 Å². The number of ether oxygens (including phenoxy) is 1. The van der Waals surface area contributed by atoms with Gasteiger partial charge in [-0.3, -0.25) is 14.9 Å². The van der Waals surface area contributed by atoms with Crippen LogP contribution >= 0.6 is 0 Å². The van der Waals surface area contributed by atoms with Crippen LogP contribution in [0.3, 0.4) is 0 Å². The fourth-order valence-electron chi connectivity index (χ4n) is 1.83. The first-order valence-corrected chi connectivity index (χ1v) is 6.78. The summed E-state index contributed by atoms with van der Waals surface area (Å²) >= 11 is 0. The minimum atomic E-state index is -0.483. The normalized spacial score (nSPS) is 10.5. The predicted octanol–water partition coefficient (Wildman–Crippen LogP) is 2.30. The summed E-state index contributed by atoms with van der Waals surface area (Å²) in [6.45, 7) is 0. The van der Waals surface area contributed by atoms with E-state index in [1.165, 1.54) is 18.3 Å². The first kappa shape index (κ1) is 16.2. The van der Waals surface area contributed by atoms with Crippen LogP contribution in [-0.2, 0) is 11.2 Å². The lowest BCUT2D eigenvalue weighted by molar-refractivity contribution is -0.384. The van der Waals surface area contributed by atoms with Gasteiger partial charge in [0, 0.05) is 12.1 Å². The second-order valence-electron chi connectivity index (χ2n) is 4.67. The third-order valence-electron chi connectivity index (χ3n) is 3.03. The Morgan fingerprint density at radius 2 is 1.87 bits per heavy atom. The largest absolute Gasteiger partial charge is 0.497 e. The van der Waals surface area contributed by atoms with Crippen molar-refractivity contribution in [3.05, 3.63) is 69.8 Å². The monoisotopic (exact) mass is 313 g/mol. The molecule has 0 unspecified atom stereocenters. The molecule has 0 bridgehead atoms. The van der Waals surface area contributed by atoms with Gasteiger partial charge in [-0.2, -0.15) is 5.10 Å². The van der Waals surface area contributed by atoms with Crippen LogP contribution < -0.4 is 10.2 Å². The van der Waals surface area contributed by atoms with Crippen LogP contribution in [-0.4, -0.2) is 24.2 Å². The average Bonchev–Trinajstić information content (AvgIpc) is 2.56. The van der Waals surface area contributed by atoms with Gasteiger partial charge in [-0.15, -0.1) is 0 Å². The van der Waals surface area contributed by atoms with E-state index in [0.717, 1.165) is 11.3 Å². The molecule has 118 valence electrons. The SMILES string of the molecule is COc1ccc(/C=N/NC(=O)Cc2ccc([N+](=O)[O-])cc2)cc1. The first-order valence-electron chi connectivity index (χ1n) is 6.78. The topological polar surface area (TPSA) is 93.8 Å². The van der Waals surface area contributed by atoms with E-state index < -0.39 is 4.92 Å². The standard InChI is InChI=1S/C16H15N3O4/c1-23-15-8-4-13(5-9-15)11-17-18-16(20)10-12-2-6-14(7-3-12)19(21)22/h2-9,11H,10H2,1H3,(H,18,20)/b17-11+. The van der Waals surface area contributed by atoms with E-state index in [0.29, 0.717) is 5.56 Å². The molecule has 0 fully saturated rings. The quantitative estimate of drug-likeness (QED) is 0.503. The molecule has 0 aromatic heterocycles. The molecule has 0 aliphatic rings. The number of benzene rings is 2. The van der Waals surface area contributed by atoms with Crippen molar-refractivity contribution in [2.75, 3.05) is 7.11 Å². The number of nitro benzene ring substituents is 1. The summed E-state index contributed by atoms with van der Waals surface area (Å²) in [6.07, 6.45) is 1.62. The number of hydrazone groups is 1. The van der Waals surface area contributed by atoms with Crippen molar-refractivity contribution in [3.63, 3.8) is 0 Å². The Labute approximate surface area is 132 Å². The molecular formula is C16H15N3O4. The number of carbonyl (C=O) groups excluding carboxylic acids is 1. The van der Waals surface area contributed by atoms with Gasteiger partial charge in [-0.25, -0.2) is 5.43 Å². The highest BCUT2D eigenvalue weighted by Gasteiger charge is 2.06. The van der Waals surface area contributed by atoms with Crippen LogP contribution in [0.4, 0.5) is 5.69 Å². The third-order valence-corrected chi connectivity index (χ3v) is 3.03. The number of methoxy groups -OCH3 is 1. The summed E-state index contributed by atoms with van der Waals surface area (Å²) in [4.78, 5) is 21.8. The molecule has 0 heterocycles. The molecule has 2 aromatic carbocycles. The van der Waals surface area contributed by atoms with Crippen LogP contribution in [0.1, 0.15) is 11.1 Å². The molecule has 0 aliphatic heterocycles. The highest BCUT2D eigenvalue weighted by Crippen LogP contribution is 2.12. The van der Waals surface area contributed by atoms with Gasteiger partial charge >= 0.3 is 0 Å². The van der Waals surface area contributed by atoms with Crippen molar-refractivity contribution in [2.45, 2.75) is 6.42 Å². The van der Waals surface area contributed by atoms with Crippen molar-refractivity contribution >= 4 is 17.8 Å². The highest BCUT2D eigenvalue weighted by atomic mass is 16.6. The minimum Gasteiger partial charge on any atom is -0.497 e. The van der Waals surface area contributed by atoms with Gasteiger partial charge in [0.15, 0.2) is 0 Å². The Kier molecular flexibility index (Phi) is 5.40. The lowest BCUT2D eigenvalue weighted by Gasteiger charge is -2.01. The molecule has 7 nitrogen and oxygen atoms in total. The summed E-state index contributed by atoms with van der Waals surface area (Å²) < 4.78 is 5.05. The zero-order chi connectivity index (χ0) is 16.7. The Hall–Kier alpha value is -3.22. The number of carbonyl (C=O) groups is 1. The van der Waals surface area contributed by atoms with Crippen LogP contribution in [0.5, 0.6) is 5.75 Å². The van der Waals surface area contributed by atoms with Crippen LogP contribution in [0.15, 0.2) is 53.6 Å². The van der Waals surface area contributed by atoms with E-state index in [2.05, 4.69) is 10.5 Å². The molecule has 2 rings (SSSR count). The van der Waals surface area contributed by atoms with Gasteiger partial charge in [0.1, 0.15) is 5.75 Å². The summed E-state index contributed by atoms with van der Waals surface area (Å²) in [5.74, 6) is 0.438. The lowest BCUT2D eigenvalue weighted by Crippen LogP contribution is -2.19. The van der Waals surface area contributed by atoms with Gasteiger partial charge in [0.2, 0.25) is 5.91 Å². The molecule has 23 heavy (non-hydrogen) atoms. The molecule has 7 heteroatoms. The zero-order valence-corrected chi connectivity index (χ0v) is 12.4. The van der Waals surface area contributed by atoms with Crippen molar-refractivity contribution in [2.24, 2.45) is 5.10 Å². The Morgan fingerprint density at radius 1 is 1.22 bits per heavy atom. The molecule has 0 aliphatic carbocycles. The first-order chi connectivity index (χ1) is 11.1. The van der Waals surface area contributed by atoms with E-state index >= 15 is 0 Å². The Bertz CT molecular complexity index is 709. The number of rotatable bonds is 6.